The third-order valence-electron chi connectivity index (χ3n) is 2.35. The van der Waals surface area contributed by atoms with Crippen molar-refractivity contribution in [3.05, 3.63) is 0 Å². The van der Waals surface area contributed by atoms with Gasteiger partial charge in [0, 0.05) is 0 Å². The topological polar surface area (TPSA) is 46.5 Å². The van der Waals surface area contributed by atoms with Gasteiger partial charge in [-0.15, -0.1) is 12.4 Å². The van der Waals surface area contributed by atoms with Crippen molar-refractivity contribution in [2.24, 2.45) is 0 Å². The van der Waals surface area contributed by atoms with Gasteiger partial charge >= 0.3 is 7.60 Å². The van der Waals surface area contributed by atoms with Crippen LogP contribution in [0.3, 0.4) is 0 Å². The van der Waals surface area contributed by atoms with E-state index >= 15 is 0 Å². The molecule has 5 heteroatoms. The first-order valence-corrected chi connectivity index (χ1v) is 6.28. The molecule has 0 aromatic rings. The molecule has 1 rings (SSSR count). The van der Waals surface area contributed by atoms with Gasteiger partial charge in [-0.1, -0.05) is 19.3 Å². The monoisotopic (exact) mass is 228 g/mol. The van der Waals surface area contributed by atoms with Gasteiger partial charge in [0.25, 0.3) is 0 Å². The van der Waals surface area contributed by atoms with Crippen molar-refractivity contribution in [2.75, 3.05) is 6.61 Å². The smallest absolute Gasteiger partial charge is 0.324 e. The molecule has 1 saturated carbocycles. The second kappa shape index (κ2) is 6.02. The number of hydrogen-bond acceptors (Lipinski definition) is 2. The molecule has 1 N–H and O–H groups in total. The van der Waals surface area contributed by atoms with Crippen LogP contribution in [-0.4, -0.2) is 17.2 Å². The lowest BCUT2D eigenvalue weighted by Gasteiger charge is -2.25. The standard InChI is InChI=1S/C8H17O3P.ClH/c1-2-11-12(9,10)8-6-4-3-5-7-8;/h8H,2-7H2,1H3,(H,9,10);1H. The molecule has 0 saturated heterocycles. The van der Waals surface area contributed by atoms with E-state index in [2.05, 4.69) is 0 Å². The van der Waals surface area contributed by atoms with E-state index in [1.165, 1.54) is 6.42 Å². The first-order chi connectivity index (χ1) is 5.67. The molecule has 1 fully saturated rings. The summed E-state index contributed by atoms with van der Waals surface area (Å²) in [6.45, 7) is 2.09. The maximum absolute atomic E-state index is 11.5. The molecule has 0 aromatic heterocycles. The van der Waals surface area contributed by atoms with Gasteiger partial charge in [0.1, 0.15) is 0 Å². The fraction of sp³-hybridized carbons (Fsp3) is 1.00. The molecule has 3 nitrogen and oxygen atoms in total. The van der Waals surface area contributed by atoms with Crippen LogP contribution >= 0.6 is 20.0 Å². The van der Waals surface area contributed by atoms with Crippen LogP contribution in [0.25, 0.3) is 0 Å². The van der Waals surface area contributed by atoms with E-state index in [0.29, 0.717) is 6.61 Å². The van der Waals surface area contributed by atoms with Crippen LogP contribution in [-0.2, 0) is 9.09 Å². The van der Waals surface area contributed by atoms with Gasteiger partial charge in [-0.25, -0.2) is 0 Å². The minimum absolute atomic E-state index is 0. The molecule has 1 unspecified atom stereocenters. The number of hydrogen-bond donors (Lipinski definition) is 1. The first kappa shape index (κ1) is 13.4. The van der Waals surface area contributed by atoms with Crippen LogP contribution in [0, 0.1) is 0 Å². The summed E-state index contributed by atoms with van der Waals surface area (Å²) in [6, 6.07) is 0. The predicted octanol–water partition coefficient (Wildman–Crippen LogP) is 2.96. The molecular formula is C8H18ClO3P. The molecule has 80 valence electrons. The third-order valence-corrected chi connectivity index (χ3v) is 4.42. The van der Waals surface area contributed by atoms with Crippen LogP contribution < -0.4 is 0 Å². The fourth-order valence-corrected chi connectivity index (χ4v) is 3.30. The van der Waals surface area contributed by atoms with E-state index in [9.17, 15) is 9.46 Å². The van der Waals surface area contributed by atoms with Crippen molar-refractivity contribution < 1.29 is 14.0 Å². The second-order valence-corrected chi connectivity index (χ2v) is 5.39. The highest BCUT2D eigenvalue weighted by molar-refractivity contribution is 7.53. The van der Waals surface area contributed by atoms with Crippen molar-refractivity contribution >= 4 is 20.0 Å². The van der Waals surface area contributed by atoms with E-state index in [4.69, 9.17) is 4.52 Å². The molecule has 0 amide bonds. The zero-order chi connectivity index (χ0) is 9.03. The molecule has 0 aromatic carbocycles. The Morgan fingerprint density at radius 3 is 2.38 bits per heavy atom. The molecule has 0 heterocycles. The predicted molar refractivity (Wildman–Crippen MR) is 55.6 cm³/mol. The Kier molecular flexibility index (Phi) is 6.23. The van der Waals surface area contributed by atoms with Crippen molar-refractivity contribution in [1.82, 2.24) is 0 Å². The molecule has 1 aliphatic rings. The van der Waals surface area contributed by atoms with Crippen molar-refractivity contribution in [3.63, 3.8) is 0 Å². The number of rotatable bonds is 3. The normalized spacial score (nSPS) is 23.2. The molecule has 0 aliphatic heterocycles. The molecule has 1 aliphatic carbocycles. The van der Waals surface area contributed by atoms with Crippen molar-refractivity contribution in [2.45, 2.75) is 44.7 Å². The highest BCUT2D eigenvalue weighted by Gasteiger charge is 2.32. The summed E-state index contributed by atoms with van der Waals surface area (Å²) in [7, 11) is -3.27. The Bertz CT molecular complexity index is 180. The average molecular weight is 229 g/mol. The third kappa shape index (κ3) is 3.99. The maximum Gasteiger partial charge on any atom is 0.331 e. The van der Waals surface area contributed by atoms with Gasteiger partial charge in [-0.3, -0.25) is 4.57 Å². The van der Waals surface area contributed by atoms with Crippen LogP contribution in [0.2, 0.25) is 0 Å². The van der Waals surface area contributed by atoms with Gasteiger partial charge in [0.05, 0.1) is 12.3 Å². The molecule has 0 radical (unpaired) electrons. The Labute approximate surface area is 85.8 Å². The zero-order valence-corrected chi connectivity index (χ0v) is 9.65. The largest absolute Gasteiger partial charge is 0.331 e. The van der Waals surface area contributed by atoms with E-state index in [1.807, 2.05) is 0 Å². The van der Waals surface area contributed by atoms with Gasteiger partial charge < -0.3 is 9.42 Å². The summed E-state index contributed by atoms with van der Waals surface area (Å²) < 4.78 is 16.4. The Morgan fingerprint density at radius 2 is 1.92 bits per heavy atom. The van der Waals surface area contributed by atoms with Crippen molar-refractivity contribution in [1.29, 1.82) is 0 Å². The SMILES string of the molecule is CCOP(=O)(O)C1CCCCC1.Cl. The minimum atomic E-state index is -3.27. The van der Waals surface area contributed by atoms with Gasteiger partial charge in [-0.2, -0.15) is 0 Å². The van der Waals surface area contributed by atoms with Gasteiger partial charge in [0.2, 0.25) is 0 Å². The van der Waals surface area contributed by atoms with Crippen LogP contribution in [0.4, 0.5) is 0 Å². The summed E-state index contributed by atoms with van der Waals surface area (Å²) >= 11 is 0. The average Bonchev–Trinajstić information content (AvgIpc) is 2.06. The van der Waals surface area contributed by atoms with Crippen LogP contribution in [0.15, 0.2) is 0 Å². The highest BCUT2D eigenvalue weighted by atomic mass is 35.5. The van der Waals surface area contributed by atoms with E-state index < -0.39 is 7.60 Å². The Morgan fingerprint density at radius 1 is 1.38 bits per heavy atom. The van der Waals surface area contributed by atoms with Crippen LogP contribution in [0.5, 0.6) is 0 Å². The molecule has 1 atom stereocenters. The second-order valence-electron chi connectivity index (χ2n) is 3.27. The molecule has 13 heavy (non-hydrogen) atoms. The molecule has 0 spiro atoms. The van der Waals surface area contributed by atoms with E-state index in [1.54, 1.807) is 6.92 Å². The van der Waals surface area contributed by atoms with E-state index in [-0.39, 0.29) is 18.1 Å². The minimum Gasteiger partial charge on any atom is -0.324 e. The summed E-state index contributed by atoms with van der Waals surface area (Å²) in [5, 5.41) is 0. The maximum atomic E-state index is 11.5. The lowest BCUT2D eigenvalue weighted by molar-refractivity contribution is 0.255. The fourth-order valence-electron chi connectivity index (χ4n) is 1.70. The molecule has 0 bridgehead atoms. The summed E-state index contributed by atoms with van der Waals surface area (Å²) in [4.78, 5) is 9.47. The summed E-state index contributed by atoms with van der Waals surface area (Å²) in [5.74, 6) is 0. The lowest BCUT2D eigenvalue weighted by atomic mass is 10.0. The van der Waals surface area contributed by atoms with E-state index in [0.717, 1.165) is 25.7 Å². The quantitative estimate of drug-likeness (QED) is 0.756. The van der Waals surface area contributed by atoms with Gasteiger partial charge in [-0.05, 0) is 19.8 Å². The van der Waals surface area contributed by atoms with Crippen LogP contribution in [0.1, 0.15) is 39.0 Å². The Hall–Kier alpha value is 0.440. The van der Waals surface area contributed by atoms with Gasteiger partial charge in [0.15, 0.2) is 0 Å². The molecular weight excluding hydrogens is 211 g/mol. The number of halogens is 1. The summed E-state index contributed by atoms with van der Waals surface area (Å²) in [6.07, 6.45) is 5.05. The van der Waals surface area contributed by atoms with Crippen molar-refractivity contribution in [3.8, 4) is 0 Å². The zero-order valence-electron chi connectivity index (χ0n) is 7.94. The lowest BCUT2D eigenvalue weighted by Crippen LogP contribution is -2.14. The summed E-state index contributed by atoms with van der Waals surface area (Å²) in [5.41, 5.74) is -0.0915. The Balaban J connectivity index is 0.00000144. The highest BCUT2D eigenvalue weighted by Crippen LogP contribution is 2.52. The first-order valence-electron chi connectivity index (χ1n) is 4.64.